The van der Waals surface area contributed by atoms with Gasteiger partial charge in [-0.25, -0.2) is 4.79 Å². The highest BCUT2D eigenvalue weighted by atomic mass is 16.4. The maximum atomic E-state index is 12.0. The zero-order chi connectivity index (χ0) is 15.7. The number of carboxylic acids is 2. The molecule has 1 heterocycles. The minimum Gasteiger partial charge on any atom is -0.481 e. The second kappa shape index (κ2) is 5.48. The first-order valence-corrected chi connectivity index (χ1v) is 6.16. The van der Waals surface area contributed by atoms with Crippen molar-refractivity contribution in [3.8, 4) is 0 Å². The third-order valence-electron chi connectivity index (χ3n) is 3.60. The van der Waals surface area contributed by atoms with Crippen molar-refractivity contribution >= 4 is 23.9 Å². The molecule has 0 spiro atoms. The molecule has 1 aliphatic heterocycles. The van der Waals surface area contributed by atoms with Crippen molar-refractivity contribution in [3.63, 3.8) is 0 Å². The van der Waals surface area contributed by atoms with Gasteiger partial charge in [0.1, 0.15) is 5.54 Å². The molecule has 8 heteroatoms. The minimum absolute atomic E-state index is 0.0164. The van der Waals surface area contributed by atoms with Crippen molar-refractivity contribution < 1.29 is 29.4 Å². The van der Waals surface area contributed by atoms with Crippen molar-refractivity contribution in [2.45, 2.75) is 32.2 Å². The zero-order valence-corrected chi connectivity index (χ0v) is 11.6. The molecule has 3 amide bonds. The summed E-state index contributed by atoms with van der Waals surface area (Å²) in [6, 6.07) is -0.456. The second-order valence-electron chi connectivity index (χ2n) is 5.23. The van der Waals surface area contributed by atoms with Gasteiger partial charge in [0, 0.05) is 13.6 Å². The van der Waals surface area contributed by atoms with Crippen LogP contribution in [0.3, 0.4) is 0 Å². The van der Waals surface area contributed by atoms with Gasteiger partial charge < -0.3 is 15.1 Å². The maximum absolute atomic E-state index is 12.0. The lowest BCUT2D eigenvalue weighted by molar-refractivity contribution is -0.154. The van der Waals surface area contributed by atoms with E-state index in [4.69, 9.17) is 10.2 Å². The highest BCUT2D eigenvalue weighted by Gasteiger charge is 2.48. The van der Waals surface area contributed by atoms with E-state index in [9.17, 15) is 19.2 Å². The summed E-state index contributed by atoms with van der Waals surface area (Å²) in [6.07, 6.45) is -0.00344. The summed E-state index contributed by atoms with van der Waals surface area (Å²) >= 11 is 0. The number of hydrogen-bond donors (Lipinski definition) is 2. The van der Waals surface area contributed by atoms with E-state index in [-0.39, 0.29) is 25.3 Å². The van der Waals surface area contributed by atoms with E-state index in [0.717, 1.165) is 4.90 Å². The first kappa shape index (κ1) is 15.9. The number of amides is 3. The summed E-state index contributed by atoms with van der Waals surface area (Å²) < 4.78 is 0. The molecule has 1 fully saturated rings. The van der Waals surface area contributed by atoms with Gasteiger partial charge in [0.15, 0.2) is 5.92 Å². The number of carboxylic acid groups (broad SMARTS) is 2. The van der Waals surface area contributed by atoms with E-state index in [2.05, 4.69) is 0 Å². The van der Waals surface area contributed by atoms with Crippen LogP contribution in [0.15, 0.2) is 0 Å². The number of rotatable bonds is 6. The summed E-state index contributed by atoms with van der Waals surface area (Å²) in [5.74, 6) is -4.73. The number of aliphatic carboxylic acids is 2. The first-order chi connectivity index (χ1) is 9.10. The molecule has 112 valence electrons. The quantitative estimate of drug-likeness (QED) is 0.533. The Labute approximate surface area is 116 Å². The fourth-order valence-corrected chi connectivity index (χ4v) is 1.98. The molecular formula is C12H18N2O6. The molecule has 0 aromatic carbocycles. The molecule has 8 nitrogen and oxygen atoms in total. The molecular weight excluding hydrogens is 268 g/mol. The molecule has 0 saturated carbocycles. The Morgan fingerprint density at radius 1 is 1.20 bits per heavy atom. The van der Waals surface area contributed by atoms with Crippen LogP contribution in [0.5, 0.6) is 0 Å². The average molecular weight is 286 g/mol. The SMILES string of the molecule is CN1C(=O)N(CCCC(C(=O)O)C(=O)O)C(=O)C1(C)C. The van der Waals surface area contributed by atoms with Gasteiger partial charge in [-0.2, -0.15) is 0 Å². The van der Waals surface area contributed by atoms with Gasteiger partial charge in [0.05, 0.1) is 0 Å². The van der Waals surface area contributed by atoms with Crippen LogP contribution in [-0.4, -0.2) is 63.0 Å². The zero-order valence-electron chi connectivity index (χ0n) is 11.6. The number of carbonyl (C=O) groups excluding carboxylic acids is 2. The molecule has 0 atom stereocenters. The third-order valence-corrected chi connectivity index (χ3v) is 3.60. The van der Waals surface area contributed by atoms with Gasteiger partial charge in [-0.3, -0.25) is 19.3 Å². The normalized spacial score (nSPS) is 18.0. The summed E-state index contributed by atoms with van der Waals surface area (Å²) in [7, 11) is 1.51. The van der Waals surface area contributed by atoms with Crippen LogP contribution in [-0.2, 0) is 14.4 Å². The van der Waals surface area contributed by atoms with Gasteiger partial charge >= 0.3 is 18.0 Å². The molecule has 0 bridgehead atoms. The molecule has 1 aliphatic rings. The Bertz CT molecular complexity index is 445. The van der Waals surface area contributed by atoms with Crippen LogP contribution >= 0.6 is 0 Å². The molecule has 0 aliphatic carbocycles. The monoisotopic (exact) mass is 286 g/mol. The highest BCUT2D eigenvalue weighted by molar-refractivity contribution is 6.06. The molecule has 0 radical (unpaired) electrons. The van der Waals surface area contributed by atoms with Crippen molar-refractivity contribution in [3.05, 3.63) is 0 Å². The lowest BCUT2D eigenvalue weighted by Gasteiger charge is -2.22. The van der Waals surface area contributed by atoms with Crippen LogP contribution in [0, 0.1) is 5.92 Å². The number of hydrogen-bond acceptors (Lipinski definition) is 4. The van der Waals surface area contributed by atoms with Crippen LogP contribution in [0.25, 0.3) is 0 Å². The molecule has 1 rings (SSSR count). The summed E-state index contributed by atoms with van der Waals surface area (Å²) in [4.78, 5) is 47.7. The van der Waals surface area contributed by atoms with Crippen LogP contribution < -0.4 is 0 Å². The van der Waals surface area contributed by atoms with Crippen molar-refractivity contribution in [2.75, 3.05) is 13.6 Å². The lowest BCUT2D eigenvalue weighted by Crippen LogP contribution is -2.41. The standard InChI is InChI=1S/C12H18N2O6/c1-12(2)10(19)14(11(20)13(12)3)6-4-5-7(8(15)16)9(17)18/h7H,4-6H2,1-3H3,(H,15,16)(H,17,18). The van der Waals surface area contributed by atoms with Crippen molar-refractivity contribution in [1.29, 1.82) is 0 Å². The Kier molecular flexibility index (Phi) is 4.36. The van der Waals surface area contributed by atoms with Crippen LogP contribution in [0.4, 0.5) is 4.79 Å². The Morgan fingerprint density at radius 2 is 1.70 bits per heavy atom. The first-order valence-electron chi connectivity index (χ1n) is 6.16. The molecule has 20 heavy (non-hydrogen) atoms. The second-order valence-corrected chi connectivity index (χ2v) is 5.23. The minimum atomic E-state index is -1.52. The smallest absolute Gasteiger partial charge is 0.327 e. The topological polar surface area (TPSA) is 115 Å². The number of imide groups is 1. The van der Waals surface area contributed by atoms with Gasteiger partial charge in [-0.05, 0) is 26.7 Å². The van der Waals surface area contributed by atoms with E-state index in [0.29, 0.717) is 0 Å². The molecule has 0 aromatic rings. The summed E-state index contributed by atoms with van der Waals surface area (Å²) in [5.41, 5.74) is -0.934. The van der Waals surface area contributed by atoms with Crippen LogP contribution in [0.2, 0.25) is 0 Å². The fraction of sp³-hybridized carbons (Fsp3) is 0.667. The Morgan fingerprint density at radius 3 is 2.05 bits per heavy atom. The lowest BCUT2D eigenvalue weighted by atomic mass is 10.0. The molecule has 2 N–H and O–H groups in total. The number of carbonyl (C=O) groups is 4. The third kappa shape index (κ3) is 2.73. The average Bonchev–Trinajstić information content (AvgIpc) is 2.47. The van der Waals surface area contributed by atoms with Crippen LogP contribution in [0.1, 0.15) is 26.7 Å². The highest BCUT2D eigenvalue weighted by Crippen LogP contribution is 2.26. The molecule has 0 unspecified atom stereocenters. The van der Waals surface area contributed by atoms with E-state index in [1.54, 1.807) is 13.8 Å². The maximum Gasteiger partial charge on any atom is 0.327 e. The van der Waals surface area contributed by atoms with E-state index in [1.165, 1.54) is 11.9 Å². The number of urea groups is 1. The molecule has 1 saturated heterocycles. The summed E-state index contributed by atoms with van der Waals surface area (Å²) in [6.45, 7) is 3.25. The Hall–Kier alpha value is -2.12. The predicted octanol–water partition coefficient (Wildman–Crippen LogP) is 0.225. The number of nitrogens with zero attached hydrogens (tertiary/aromatic N) is 2. The van der Waals surface area contributed by atoms with Crippen molar-refractivity contribution in [2.24, 2.45) is 5.92 Å². The molecule has 0 aromatic heterocycles. The summed E-state index contributed by atoms with van der Waals surface area (Å²) in [5, 5.41) is 17.5. The van der Waals surface area contributed by atoms with E-state index < -0.39 is 29.4 Å². The van der Waals surface area contributed by atoms with Gasteiger partial charge in [-0.1, -0.05) is 0 Å². The van der Waals surface area contributed by atoms with Crippen molar-refractivity contribution in [1.82, 2.24) is 9.80 Å². The van der Waals surface area contributed by atoms with Gasteiger partial charge in [0.25, 0.3) is 5.91 Å². The fourth-order valence-electron chi connectivity index (χ4n) is 1.98. The van der Waals surface area contributed by atoms with Gasteiger partial charge in [-0.15, -0.1) is 0 Å². The van der Waals surface area contributed by atoms with E-state index >= 15 is 0 Å². The number of likely N-dealkylation sites (N-methyl/N-ethyl adjacent to an activating group) is 1. The largest absolute Gasteiger partial charge is 0.481 e. The van der Waals surface area contributed by atoms with Gasteiger partial charge in [0.2, 0.25) is 0 Å². The Balaban J connectivity index is 2.63. The predicted molar refractivity (Wildman–Crippen MR) is 66.9 cm³/mol. The van der Waals surface area contributed by atoms with E-state index in [1.807, 2.05) is 0 Å².